The summed E-state index contributed by atoms with van der Waals surface area (Å²) in [6.45, 7) is -0.336. The number of aliphatic hydroxyl groups is 1. The SMILES string of the molecule is NCC(O)c1cc(F)c(Cl)c(F)c1F. The van der Waals surface area contributed by atoms with Gasteiger partial charge >= 0.3 is 0 Å². The molecule has 0 heterocycles. The second-order valence-corrected chi connectivity index (χ2v) is 3.02. The molecular weight excluding hydrogens is 219 g/mol. The molecule has 6 heteroatoms. The lowest BCUT2D eigenvalue weighted by Gasteiger charge is -2.10. The van der Waals surface area contributed by atoms with E-state index < -0.39 is 34.1 Å². The summed E-state index contributed by atoms with van der Waals surface area (Å²) in [5.74, 6) is -4.03. The van der Waals surface area contributed by atoms with Crippen molar-refractivity contribution in [2.45, 2.75) is 6.10 Å². The number of halogens is 4. The van der Waals surface area contributed by atoms with Crippen LogP contribution in [-0.2, 0) is 0 Å². The second kappa shape index (κ2) is 4.16. The van der Waals surface area contributed by atoms with Gasteiger partial charge in [0.15, 0.2) is 11.6 Å². The highest BCUT2D eigenvalue weighted by Gasteiger charge is 2.20. The van der Waals surface area contributed by atoms with E-state index in [9.17, 15) is 13.2 Å². The zero-order chi connectivity index (χ0) is 10.9. The molecule has 0 aromatic heterocycles. The van der Waals surface area contributed by atoms with Crippen molar-refractivity contribution < 1.29 is 18.3 Å². The number of aliphatic hydroxyl groups excluding tert-OH is 1. The van der Waals surface area contributed by atoms with Crippen molar-refractivity contribution in [2.24, 2.45) is 5.73 Å². The minimum atomic E-state index is -1.52. The third kappa shape index (κ3) is 1.84. The zero-order valence-electron chi connectivity index (χ0n) is 6.90. The van der Waals surface area contributed by atoms with Gasteiger partial charge in [-0.15, -0.1) is 0 Å². The molecule has 1 rings (SSSR count). The average molecular weight is 226 g/mol. The van der Waals surface area contributed by atoms with Gasteiger partial charge < -0.3 is 10.8 Å². The number of benzene rings is 1. The zero-order valence-corrected chi connectivity index (χ0v) is 7.65. The fraction of sp³-hybridized carbons (Fsp3) is 0.250. The van der Waals surface area contributed by atoms with E-state index >= 15 is 0 Å². The van der Waals surface area contributed by atoms with Crippen molar-refractivity contribution in [2.75, 3.05) is 6.54 Å². The molecule has 0 radical (unpaired) electrons. The van der Waals surface area contributed by atoms with Crippen molar-refractivity contribution in [3.63, 3.8) is 0 Å². The highest BCUT2D eigenvalue weighted by molar-refractivity contribution is 6.30. The summed E-state index contributed by atoms with van der Waals surface area (Å²) in [7, 11) is 0. The number of hydrogen-bond acceptors (Lipinski definition) is 2. The Morgan fingerprint density at radius 2 is 1.93 bits per heavy atom. The minimum absolute atomic E-state index is 0.336. The molecule has 0 amide bonds. The van der Waals surface area contributed by atoms with Gasteiger partial charge in [-0.05, 0) is 6.07 Å². The van der Waals surface area contributed by atoms with Crippen LogP contribution in [0.15, 0.2) is 6.07 Å². The first-order valence-corrected chi connectivity index (χ1v) is 4.07. The van der Waals surface area contributed by atoms with Crippen molar-refractivity contribution in [1.29, 1.82) is 0 Å². The summed E-state index contributed by atoms with van der Waals surface area (Å²) in [5.41, 5.74) is 4.48. The second-order valence-electron chi connectivity index (χ2n) is 2.64. The normalized spacial score (nSPS) is 13.0. The van der Waals surface area contributed by atoms with E-state index in [4.69, 9.17) is 22.4 Å². The Bertz CT molecular complexity index is 359. The van der Waals surface area contributed by atoms with Crippen molar-refractivity contribution in [3.05, 3.63) is 34.1 Å². The van der Waals surface area contributed by atoms with Crippen LogP contribution >= 0.6 is 11.6 Å². The highest BCUT2D eigenvalue weighted by atomic mass is 35.5. The molecule has 1 aromatic carbocycles. The van der Waals surface area contributed by atoms with Crippen LogP contribution in [0, 0.1) is 17.5 Å². The molecule has 14 heavy (non-hydrogen) atoms. The van der Waals surface area contributed by atoms with Crippen LogP contribution in [0.25, 0.3) is 0 Å². The molecule has 0 aliphatic rings. The summed E-state index contributed by atoms with van der Waals surface area (Å²) in [6, 6.07) is 0.623. The Morgan fingerprint density at radius 1 is 1.36 bits per heavy atom. The van der Waals surface area contributed by atoms with Gasteiger partial charge in [0.25, 0.3) is 0 Å². The van der Waals surface area contributed by atoms with Gasteiger partial charge in [-0.25, -0.2) is 13.2 Å². The first kappa shape index (κ1) is 11.3. The molecule has 1 aromatic rings. The van der Waals surface area contributed by atoms with Gasteiger partial charge in [0.1, 0.15) is 10.8 Å². The van der Waals surface area contributed by atoms with Gasteiger partial charge in [0.05, 0.1) is 6.10 Å². The Balaban J connectivity index is 3.33. The Morgan fingerprint density at radius 3 is 2.43 bits per heavy atom. The quantitative estimate of drug-likeness (QED) is 0.595. The fourth-order valence-electron chi connectivity index (χ4n) is 0.961. The molecule has 0 aliphatic heterocycles. The number of rotatable bonds is 2. The minimum Gasteiger partial charge on any atom is -0.387 e. The molecule has 1 atom stereocenters. The number of hydrogen-bond donors (Lipinski definition) is 2. The summed E-state index contributed by atoms with van der Waals surface area (Å²) in [6.07, 6.45) is -1.45. The highest BCUT2D eigenvalue weighted by Crippen LogP contribution is 2.27. The van der Waals surface area contributed by atoms with Crippen LogP contribution < -0.4 is 5.73 Å². The van der Waals surface area contributed by atoms with Crippen LogP contribution in [0.5, 0.6) is 0 Å². The lowest BCUT2D eigenvalue weighted by molar-refractivity contribution is 0.180. The van der Waals surface area contributed by atoms with Gasteiger partial charge in [-0.2, -0.15) is 0 Å². The van der Waals surface area contributed by atoms with Gasteiger partial charge in [0.2, 0.25) is 0 Å². The monoisotopic (exact) mass is 225 g/mol. The fourth-order valence-corrected chi connectivity index (χ4v) is 1.10. The molecule has 0 bridgehead atoms. The van der Waals surface area contributed by atoms with E-state index in [2.05, 4.69) is 0 Å². The Hall–Kier alpha value is -0.780. The van der Waals surface area contributed by atoms with Crippen LogP contribution in [-0.4, -0.2) is 11.7 Å². The first-order chi connectivity index (χ1) is 6.49. The standard InChI is InChI=1S/C8H7ClF3NO/c9-6-4(10)1-3(5(14)2-13)7(11)8(6)12/h1,5,14H,2,13H2. The summed E-state index contributed by atoms with van der Waals surface area (Å²) < 4.78 is 38.7. The van der Waals surface area contributed by atoms with Crippen LogP contribution in [0.4, 0.5) is 13.2 Å². The summed E-state index contributed by atoms with van der Waals surface area (Å²) >= 11 is 5.10. The lowest BCUT2D eigenvalue weighted by Crippen LogP contribution is -2.14. The van der Waals surface area contributed by atoms with Crippen molar-refractivity contribution >= 4 is 11.6 Å². The van der Waals surface area contributed by atoms with E-state index in [1.54, 1.807) is 0 Å². The van der Waals surface area contributed by atoms with Crippen LogP contribution in [0.3, 0.4) is 0 Å². The molecule has 0 saturated carbocycles. The summed E-state index contributed by atoms with van der Waals surface area (Å²) in [5, 5.41) is 8.17. The van der Waals surface area contributed by atoms with Crippen LogP contribution in [0.1, 0.15) is 11.7 Å². The average Bonchev–Trinajstić information content (AvgIpc) is 2.19. The molecule has 3 N–H and O–H groups in total. The molecule has 1 unspecified atom stereocenters. The largest absolute Gasteiger partial charge is 0.387 e. The third-order valence-corrected chi connectivity index (χ3v) is 2.06. The predicted octanol–water partition coefficient (Wildman–Crippen LogP) is 1.75. The molecular formula is C8H7ClF3NO. The smallest absolute Gasteiger partial charge is 0.180 e. The van der Waals surface area contributed by atoms with Gasteiger partial charge in [-0.3, -0.25) is 0 Å². The first-order valence-electron chi connectivity index (χ1n) is 3.70. The maximum absolute atomic E-state index is 13.0. The van der Waals surface area contributed by atoms with Gasteiger partial charge in [-0.1, -0.05) is 11.6 Å². The van der Waals surface area contributed by atoms with Crippen LogP contribution in [0.2, 0.25) is 5.02 Å². The lowest BCUT2D eigenvalue weighted by atomic mass is 10.1. The van der Waals surface area contributed by atoms with E-state index in [-0.39, 0.29) is 6.54 Å². The topological polar surface area (TPSA) is 46.2 Å². The molecule has 2 nitrogen and oxygen atoms in total. The van der Waals surface area contributed by atoms with E-state index in [0.717, 1.165) is 0 Å². The van der Waals surface area contributed by atoms with E-state index in [1.807, 2.05) is 0 Å². The Labute approximate surface area is 83.1 Å². The van der Waals surface area contributed by atoms with E-state index in [0.29, 0.717) is 6.07 Å². The maximum atomic E-state index is 13.0. The van der Waals surface area contributed by atoms with E-state index in [1.165, 1.54) is 0 Å². The molecule has 0 spiro atoms. The van der Waals surface area contributed by atoms with Gasteiger partial charge in [0, 0.05) is 12.1 Å². The number of nitrogens with two attached hydrogens (primary N) is 1. The Kier molecular flexibility index (Phi) is 3.36. The van der Waals surface area contributed by atoms with Crippen molar-refractivity contribution in [3.8, 4) is 0 Å². The van der Waals surface area contributed by atoms with Crippen molar-refractivity contribution in [1.82, 2.24) is 0 Å². The summed E-state index contributed by atoms with van der Waals surface area (Å²) in [4.78, 5) is 0. The molecule has 0 saturated heterocycles. The molecule has 0 fully saturated rings. The molecule has 78 valence electrons. The third-order valence-electron chi connectivity index (χ3n) is 1.71. The maximum Gasteiger partial charge on any atom is 0.180 e. The molecule has 0 aliphatic carbocycles. The predicted molar refractivity (Wildman–Crippen MR) is 45.3 cm³/mol.